The molecule has 1 aromatic heterocycles. The second-order valence-corrected chi connectivity index (χ2v) is 7.32. The van der Waals surface area contributed by atoms with Gasteiger partial charge < -0.3 is 14.8 Å². The van der Waals surface area contributed by atoms with Crippen LogP contribution in [-0.4, -0.2) is 29.9 Å². The number of carbonyl (C=O) groups is 1. The van der Waals surface area contributed by atoms with E-state index in [1.165, 1.54) is 18.9 Å². The highest BCUT2D eigenvalue weighted by Crippen LogP contribution is 2.36. The van der Waals surface area contributed by atoms with E-state index >= 15 is 0 Å². The Morgan fingerprint density at radius 3 is 2.41 bits per heavy atom. The summed E-state index contributed by atoms with van der Waals surface area (Å²) >= 11 is 6.19. The molecule has 7 nitrogen and oxygen atoms in total. The first-order valence-electron chi connectivity index (χ1n) is 9.08. The number of amides is 1. The van der Waals surface area contributed by atoms with Gasteiger partial charge in [0, 0.05) is 18.0 Å². The number of hydrogen-bond acceptors (Lipinski definition) is 5. The molecule has 0 saturated carbocycles. The smallest absolute Gasteiger partial charge is 0.276 e. The molecule has 2 aromatic carbocycles. The molecule has 3 rings (SSSR count). The topological polar surface area (TPSA) is 82.4 Å². The highest BCUT2D eigenvalue weighted by atomic mass is 35.5. The third kappa shape index (κ3) is 4.19. The third-order valence-corrected chi connectivity index (χ3v) is 4.64. The summed E-state index contributed by atoms with van der Waals surface area (Å²) in [5, 5.41) is 8.37. The lowest BCUT2D eigenvalue weighted by Gasteiger charge is -2.15. The maximum Gasteiger partial charge on any atom is 0.276 e. The Morgan fingerprint density at radius 1 is 1.14 bits per heavy atom. The average molecular weight is 416 g/mol. The predicted molar refractivity (Wildman–Crippen MR) is 113 cm³/mol. The predicted octanol–water partition coefficient (Wildman–Crippen LogP) is 3.98. The van der Waals surface area contributed by atoms with E-state index in [1.54, 1.807) is 36.4 Å². The van der Waals surface area contributed by atoms with Gasteiger partial charge in [0.2, 0.25) is 0 Å². The van der Waals surface area contributed by atoms with E-state index in [4.69, 9.17) is 21.1 Å². The number of methoxy groups -OCH3 is 2. The zero-order valence-electron chi connectivity index (χ0n) is 16.7. The number of anilines is 1. The summed E-state index contributed by atoms with van der Waals surface area (Å²) in [6.45, 7) is 4.36. The van der Waals surface area contributed by atoms with E-state index in [0.29, 0.717) is 39.5 Å². The van der Waals surface area contributed by atoms with E-state index in [0.717, 1.165) is 0 Å². The number of nitrogens with one attached hydrogen (secondary N) is 1. The first kappa shape index (κ1) is 20.7. The highest BCUT2D eigenvalue weighted by molar-refractivity contribution is 6.32. The SMILES string of the molecule is COc1cc(OC)c(NC(=O)c2nn(CC(C)C)c(=O)c3ccccc23)cc1Cl. The molecule has 1 amide bonds. The maximum absolute atomic E-state index is 13.1. The van der Waals surface area contributed by atoms with Gasteiger partial charge in [0.05, 0.1) is 30.3 Å². The molecule has 1 N–H and O–H groups in total. The van der Waals surface area contributed by atoms with E-state index in [-0.39, 0.29) is 17.2 Å². The van der Waals surface area contributed by atoms with Crippen molar-refractivity contribution in [3.05, 3.63) is 57.5 Å². The van der Waals surface area contributed by atoms with Gasteiger partial charge in [-0.2, -0.15) is 5.10 Å². The van der Waals surface area contributed by atoms with Crippen LogP contribution in [0.1, 0.15) is 24.3 Å². The van der Waals surface area contributed by atoms with E-state index < -0.39 is 5.91 Å². The molecule has 3 aromatic rings. The summed E-state index contributed by atoms with van der Waals surface area (Å²) in [5.74, 6) is 0.533. The van der Waals surface area contributed by atoms with Gasteiger partial charge in [-0.15, -0.1) is 0 Å². The van der Waals surface area contributed by atoms with Gasteiger partial charge in [-0.1, -0.05) is 43.6 Å². The van der Waals surface area contributed by atoms with Crippen LogP contribution in [0, 0.1) is 5.92 Å². The molecular weight excluding hydrogens is 394 g/mol. The van der Waals surface area contributed by atoms with Crippen molar-refractivity contribution in [2.75, 3.05) is 19.5 Å². The number of benzene rings is 2. The minimum absolute atomic E-state index is 0.148. The molecule has 0 aliphatic carbocycles. The van der Waals surface area contributed by atoms with Gasteiger partial charge in [-0.25, -0.2) is 4.68 Å². The summed E-state index contributed by atoms with van der Waals surface area (Å²) in [4.78, 5) is 25.8. The second-order valence-electron chi connectivity index (χ2n) is 6.92. The third-order valence-electron chi connectivity index (χ3n) is 4.34. The molecule has 0 aliphatic heterocycles. The molecule has 8 heteroatoms. The number of halogens is 1. The van der Waals surface area contributed by atoms with Gasteiger partial charge in [0.15, 0.2) is 5.69 Å². The number of fused-ring (bicyclic) bond motifs is 1. The van der Waals surface area contributed by atoms with Crippen LogP contribution >= 0.6 is 11.6 Å². The number of rotatable bonds is 6. The van der Waals surface area contributed by atoms with Gasteiger partial charge in [-0.05, 0) is 18.1 Å². The number of nitrogens with zero attached hydrogens (tertiary/aromatic N) is 2. The largest absolute Gasteiger partial charge is 0.495 e. The molecule has 0 radical (unpaired) electrons. The van der Waals surface area contributed by atoms with Crippen molar-refractivity contribution in [3.63, 3.8) is 0 Å². The van der Waals surface area contributed by atoms with Gasteiger partial charge in [0.1, 0.15) is 11.5 Å². The van der Waals surface area contributed by atoms with Crippen molar-refractivity contribution < 1.29 is 14.3 Å². The van der Waals surface area contributed by atoms with Crippen LogP contribution in [0.4, 0.5) is 5.69 Å². The monoisotopic (exact) mass is 415 g/mol. The van der Waals surface area contributed by atoms with Crippen molar-refractivity contribution >= 4 is 34.0 Å². The van der Waals surface area contributed by atoms with Crippen molar-refractivity contribution in [2.45, 2.75) is 20.4 Å². The molecule has 152 valence electrons. The number of ether oxygens (including phenoxy) is 2. The summed E-state index contributed by atoms with van der Waals surface area (Å²) in [5.41, 5.74) is 0.293. The molecule has 0 fully saturated rings. The lowest BCUT2D eigenvalue weighted by atomic mass is 10.1. The lowest BCUT2D eigenvalue weighted by molar-refractivity contribution is 0.102. The summed E-state index contributed by atoms with van der Waals surface area (Å²) in [6, 6.07) is 10.1. The Kier molecular flexibility index (Phi) is 6.08. The fraction of sp³-hybridized carbons (Fsp3) is 0.286. The van der Waals surface area contributed by atoms with Crippen LogP contribution in [0.15, 0.2) is 41.2 Å². The summed E-state index contributed by atoms with van der Waals surface area (Å²) in [6.07, 6.45) is 0. The van der Waals surface area contributed by atoms with Crippen LogP contribution in [0.3, 0.4) is 0 Å². The van der Waals surface area contributed by atoms with Crippen LogP contribution in [-0.2, 0) is 6.54 Å². The van der Waals surface area contributed by atoms with Crippen molar-refractivity contribution in [3.8, 4) is 11.5 Å². The molecule has 29 heavy (non-hydrogen) atoms. The van der Waals surface area contributed by atoms with Crippen LogP contribution < -0.4 is 20.3 Å². The second kappa shape index (κ2) is 8.53. The number of aromatic nitrogens is 2. The minimum Gasteiger partial charge on any atom is -0.495 e. The highest BCUT2D eigenvalue weighted by Gasteiger charge is 2.19. The first-order valence-corrected chi connectivity index (χ1v) is 9.46. The molecule has 0 unspecified atom stereocenters. The molecule has 1 heterocycles. The maximum atomic E-state index is 13.1. The Balaban J connectivity index is 2.09. The number of carbonyl (C=O) groups excluding carboxylic acids is 1. The molecule has 0 saturated heterocycles. The Morgan fingerprint density at radius 2 is 1.79 bits per heavy atom. The zero-order valence-corrected chi connectivity index (χ0v) is 17.4. The average Bonchev–Trinajstić information content (AvgIpc) is 2.70. The Labute approximate surface area is 173 Å². The van der Waals surface area contributed by atoms with Gasteiger partial charge in [-0.3, -0.25) is 9.59 Å². The van der Waals surface area contributed by atoms with Crippen LogP contribution in [0.25, 0.3) is 10.8 Å². The summed E-state index contributed by atoms with van der Waals surface area (Å²) in [7, 11) is 2.97. The van der Waals surface area contributed by atoms with Crippen LogP contribution in [0.5, 0.6) is 11.5 Å². The fourth-order valence-electron chi connectivity index (χ4n) is 3.01. The lowest BCUT2D eigenvalue weighted by Crippen LogP contribution is -2.29. The molecule has 0 spiro atoms. The zero-order chi connectivity index (χ0) is 21.1. The molecule has 0 atom stereocenters. The van der Waals surface area contributed by atoms with Gasteiger partial charge >= 0.3 is 0 Å². The number of hydrogen-bond donors (Lipinski definition) is 1. The van der Waals surface area contributed by atoms with E-state index in [1.807, 2.05) is 13.8 Å². The minimum atomic E-state index is -0.474. The van der Waals surface area contributed by atoms with Gasteiger partial charge in [0.25, 0.3) is 11.5 Å². The van der Waals surface area contributed by atoms with E-state index in [2.05, 4.69) is 10.4 Å². The Bertz CT molecular complexity index is 1120. The Hall–Kier alpha value is -3.06. The first-order chi connectivity index (χ1) is 13.8. The molecular formula is C21H22ClN3O4. The molecule has 0 aliphatic rings. The summed E-state index contributed by atoms with van der Waals surface area (Å²) < 4.78 is 11.8. The van der Waals surface area contributed by atoms with Crippen LogP contribution in [0.2, 0.25) is 5.02 Å². The quantitative estimate of drug-likeness (QED) is 0.658. The van der Waals surface area contributed by atoms with E-state index in [9.17, 15) is 9.59 Å². The molecule has 0 bridgehead atoms. The fourth-order valence-corrected chi connectivity index (χ4v) is 3.25. The van der Waals surface area contributed by atoms with Crippen molar-refractivity contribution in [2.24, 2.45) is 5.92 Å². The van der Waals surface area contributed by atoms with Crippen molar-refractivity contribution in [1.82, 2.24) is 9.78 Å². The standard InChI is InChI=1S/C21H22ClN3O4/c1-12(2)11-25-21(27)14-8-6-5-7-13(14)19(24-25)20(26)23-16-9-15(22)17(28-3)10-18(16)29-4/h5-10,12H,11H2,1-4H3,(H,23,26). The van der Waals surface area contributed by atoms with Crippen molar-refractivity contribution in [1.29, 1.82) is 0 Å². The normalized spacial score (nSPS) is 11.0.